The molecule has 0 aliphatic heterocycles. The molecule has 0 saturated heterocycles. The summed E-state index contributed by atoms with van der Waals surface area (Å²) in [5, 5.41) is 9.74. The third-order valence-electron chi connectivity index (χ3n) is 13.1. The number of hydrogen-bond donors (Lipinski definition) is 0. The molecule has 0 radical (unpaired) electrons. The fraction of sp³-hybridized carbons (Fsp3) is 0. The number of benzene rings is 10. The second-order valence-electron chi connectivity index (χ2n) is 16.7. The van der Waals surface area contributed by atoms with Crippen LogP contribution < -0.4 is 0 Å². The van der Waals surface area contributed by atoms with Crippen molar-refractivity contribution in [1.82, 2.24) is 14.1 Å². The van der Waals surface area contributed by atoms with Crippen molar-refractivity contribution < 1.29 is 0 Å². The molecule has 13 aromatic rings. The molecule has 0 bridgehead atoms. The summed E-state index contributed by atoms with van der Waals surface area (Å²) in [7, 11) is 0. The molecule has 0 saturated carbocycles. The van der Waals surface area contributed by atoms with Crippen LogP contribution in [0.1, 0.15) is 0 Å². The lowest BCUT2D eigenvalue weighted by atomic mass is 9.94. The predicted octanol–water partition coefficient (Wildman–Crippen LogP) is 16.3. The van der Waals surface area contributed by atoms with Crippen LogP contribution in [0.5, 0.6) is 0 Å². The topological polar surface area (TPSA) is 22.8 Å². The largest absolute Gasteiger partial charge is 0.309 e. The Hall–Kier alpha value is -8.53. The highest BCUT2D eigenvalue weighted by atomic mass is 15.0. The van der Waals surface area contributed by atoms with E-state index in [-0.39, 0.29) is 0 Å². The van der Waals surface area contributed by atoms with Crippen LogP contribution in [0.25, 0.3) is 121 Å². The molecule has 64 heavy (non-hydrogen) atoms. The Kier molecular flexibility index (Phi) is 8.22. The zero-order chi connectivity index (χ0) is 42.1. The third kappa shape index (κ3) is 5.79. The van der Waals surface area contributed by atoms with Gasteiger partial charge in [-0.15, -0.1) is 0 Å². The first-order chi connectivity index (χ1) is 31.7. The van der Waals surface area contributed by atoms with Gasteiger partial charge in [0, 0.05) is 44.0 Å². The lowest BCUT2D eigenvalue weighted by Crippen LogP contribution is -1.95. The normalized spacial score (nSPS) is 11.8. The summed E-state index contributed by atoms with van der Waals surface area (Å²) in [4.78, 5) is 5.42. The molecule has 3 heteroatoms. The highest BCUT2D eigenvalue weighted by molar-refractivity contribution is 6.19. The minimum atomic E-state index is 0.956. The maximum absolute atomic E-state index is 5.42. The maximum Gasteiger partial charge on any atom is 0.0721 e. The zero-order valence-corrected chi connectivity index (χ0v) is 34.9. The van der Waals surface area contributed by atoms with E-state index in [9.17, 15) is 0 Å². The van der Waals surface area contributed by atoms with E-state index in [1.165, 1.54) is 65.2 Å². The smallest absolute Gasteiger partial charge is 0.0721 e. The average Bonchev–Trinajstić information content (AvgIpc) is 3.87. The molecule has 0 atom stereocenters. The van der Waals surface area contributed by atoms with Crippen molar-refractivity contribution >= 4 is 65.2 Å². The molecule has 0 aliphatic rings. The fourth-order valence-electron chi connectivity index (χ4n) is 10.1. The number of fused-ring (bicyclic) bond motifs is 8. The van der Waals surface area contributed by atoms with Crippen molar-refractivity contribution in [2.24, 2.45) is 0 Å². The van der Waals surface area contributed by atoms with Gasteiger partial charge < -0.3 is 9.13 Å². The summed E-state index contributed by atoms with van der Waals surface area (Å²) in [6.45, 7) is 0. The summed E-state index contributed by atoms with van der Waals surface area (Å²) in [6, 6.07) is 85.9. The third-order valence-corrected chi connectivity index (χ3v) is 13.1. The van der Waals surface area contributed by atoms with Gasteiger partial charge in [-0.2, -0.15) is 0 Å². The number of rotatable bonds is 6. The summed E-state index contributed by atoms with van der Waals surface area (Å²) in [6.07, 6.45) is 0. The van der Waals surface area contributed by atoms with Crippen LogP contribution in [0.15, 0.2) is 237 Å². The van der Waals surface area contributed by atoms with Crippen LogP contribution in [0.4, 0.5) is 0 Å². The highest BCUT2D eigenvalue weighted by Crippen LogP contribution is 2.41. The average molecular weight is 814 g/mol. The van der Waals surface area contributed by atoms with Gasteiger partial charge >= 0.3 is 0 Å². The van der Waals surface area contributed by atoms with Gasteiger partial charge in [0.25, 0.3) is 0 Å². The molecule has 10 aromatic carbocycles. The van der Waals surface area contributed by atoms with Crippen LogP contribution in [0.3, 0.4) is 0 Å². The van der Waals surface area contributed by atoms with E-state index in [2.05, 4.69) is 246 Å². The first-order valence-corrected chi connectivity index (χ1v) is 21.9. The minimum absolute atomic E-state index is 0.956. The molecule has 0 unspecified atom stereocenters. The summed E-state index contributed by atoms with van der Waals surface area (Å²) >= 11 is 0. The fourth-order valence-corrected chi connectivity index (χ4v) is 10.1. The van der Waals surface area contributed by atoms with Crippen LogP contribution in [0, 0.1) is 0 Å². The monoisotopic (exact) mass is 813 g/mol. The number of pyridine rings is 1. The van der Waals surface area contributed by atoms with Crippen LogP contribution in [-0.4, -0.2) is 14.1 Å². The van der Waals surface area contributed by atoms with Gasteiger partial charge in [0.15, 0.2) is 0 Å². The van der Waals surface area contributed by atoms with Gasteiger partial charge in [0.2, 0.25) is 0 Å². The van der Waals surface area contributed by atoms with Gasteiger partial charge in [0.1, 0.15) is 0 Å². The van der Waals surface area contributed by atoms with E-state index < -0.39 is 0 Å². The van der Waals surface area contributed by atoms with Crippen LogP contribution >= 0.6 is 0 Å². The zero-order valence-electron chi connectivity index (χ0n) is 34.9. The number of hydrogen-bond acceptors (Lipinski definition) is 1. The lowest BCUT2D eigenvalue weighted by molar-refractivity contribution is 1.17. The molecule has 3 aromatic heterocycles. The quantitative estimate of drug-likeness (QED) is 0.164. The summed E-state index contributed by atoms with van der Waals surface area (Å²) in [5.74, 6) is 0. The van der Waals surface area contributed by atoms with E-state index in [0.29, 0.717) is 0 Å². The van der Waals surface area contributed by atoms with Crippen molar-refractivity contribution in [2.45, 2.75) is 0 Å². The molecule has 0 fully saturated rings. The Labute approximate surface area is 370 Å². The van der Waals surface area contributed by atoms with E-state index in [0.717, 1.165) is 56.1 Å². The van der Waals surface area contributed by atoms with Crippen molar-refractivity contribution in [2.75, 3.05) is 0 Å². The second kappa shape index (κ2) is 14.5. The molecule has 298 valence electrons. The van der Waals surface area contributed by atoms with E-state index in [1.807, 2.05) is 0 Å². The Morgan fingerprint density at radius 2 is 0.672 bits per heavy atom. The molecular formula is C61H39N3. The Bertz CT molecular complexity index is 3860. The Balaban J connectivity index is 0.974. The van der Waals surface area contributed by atoms with Gasteiger partial charge in [-0.3, -0.25) is 0 Å². The van der Waals surface area contributed by atoms with E-state index in [4.69, 9.17) is 4.98 Å². The number of aromatic nitrogens is 3. The molecule has 0 amide bonds. The van der Waals surface area contributed by atoms with Gasteiger partial charge in [-0.05, 0) is 111 Å². The van der Waals surface area contributed by atoms with Crippen molar-refractivity contribution in [3.8, 4) is 56.1 Å². The summed E-state index contributed by atoms with van der Waals surface area (Å²) < 4.78 is 4.85. The van der Waals surface area contributed by atoms with Crippen LogP contribution in [0.2, 0.25) is 0 Å². The molecule has 3 nitrogen and oxygen atoms in total. The van der Waals surface area contributed by atoms with E-state index in [1.54, 1.807) is 0 Å². The van der Waals surface area contributed by atoms with Gasteiger partial charge in [-0.25, -0.2) is 4.98 Å². The molecule has 13 rings (SSSR count). The first-order valence-electron chi connectivity index (χ1n) is 21.9. The molecule has 0 aliphatic carbocycles. The van der Waals surface area contributed by atoms with E-state index >= 15 is 0 Å². The lowest BCUT2D eigenvalue weighted by Gasteiger charge is -2.14. The van der Waals surface area contributed by atoms with Gasteiger partial charge in [0.05, 0.1) is 33.5 Å². The van der Waals surface area contributed by atoms with Crippen molar-refractivity contribution in [3.05, 3.63) is 237 Å². The van der Waals surface area contributed by atoms with Crippen LogP contribution in [-0.2, 0) is 0 Å². The van der Waals surface area contributed by atoms with Gasteiger partial charge in [-0.1, -0.05) is 170 Å². The van der Waals surface area contributed by atoms with Crippen molar-refractivity contribution in [1.29, 1.82) is 0 Å². The second-order valence-corrected chi connectivity index (χ2v) is 16.7. The maximum atomic E-state index is 5.42. The summed E-state index contributed by atoms with van der Waals surface area (Å²) in [5.41, 5.74) is 15.8. The Morgan fingerprint density at radius 3 is 1.27 bits per heavy atom. The highest BCUT2D eigenvalue weighted by Gasteiger charge is 2.19. The Morgan fingerprint density at radius 1 is 0.250 bits per heavy atom. The first kappa shape index (κ1) is 36.2. The SMILES string of the molecule is c1ccc(-n2c3ccccc3c3cc4c(cc32)c2ccccc2n4-c2cccc(-c3cccc(-c4cc(-c5cccc6ccccc56)nc(-c5cccc6ccccc56)c4)c3)c2)cc1. The number of para-hydroxylation sites is 3. The molecule has 3 heterocycles. The molecular weight excluding hydrogens is 775 g/mol. The molecule has 0 spiro atoms. The number of nitrogens with zero attached hydrogens (tertiary/aromatic N) is 3. The minimum Gasteiger partial charge on any atom is -0.309 e. The standard InChI is InChI=1S/C61H39N3/c1-2-23-46(24-3-1)63-58-32-10-8-28-52(58)54-39-61-55(38-60(54)63)53-29-9-11-33-59(53)64(61)47-25-13-22-44(35-47)42-20-12-21-43(34-42)45-36-56(50-30-14-18-40-16-4-6-26-48(40)50)62-57(37-45)51-31-15-19-41-17-5-7-27-49(41)51/h1-39H. The predicted molar refractivity (Wildman–Crippen MR) is 270 cm³/mol. The molecule has 0 N–H and O–H groups in total. The van der Waals surface area contributed by atoms with Crippen molar-refractivity contribution in [3.63, 3.8) is 0 Å².